The van der Waals surface area contributed by atoms with Crippen molar-refractivity contribution in [2.75, 3.05) is 0 Å². The summed E-state index contributed by atoms with van der Waals surface area (Å²) in [5.74, 6) is -0.215. The van der Waals surface area contributed by atoms with Crippen molar-refractivity contribution in [1.82, 2.24) is 0 Å². The zero-order valence-corrected chi connectivity index (χ0v) is 15.1. The molecule has 1 amide bonds. The summed E-state index contributed by atoms with van der Waals surface area (Å²) < 4.78 is 0. The molecule has 2 nitrogen and oxygen atoms in total. The molecular weight excluding hydrogens is 306 g/mol. The highest BCUT2D eigenvalue weighted by molar-refractivity contribution is 5.85. The topological polar surface area (TPSA) is 43.1 Å². The first-order valence-corrected chi connectivity index (χ1v) is 8.30. The van der Waals surface area contributed by atoms with Crippen LogP contribution in [-0.2, 0) is 4.79 Å². The van der Waals surface area contributed by atoms with Crippen LogP contribution < -0.4 is 5.73 Å². The molecule has 3 heteroatoms. The van der Waals surface area contributed by atoms with E-state index < -0.39 is 0 Å². The van der Waals surface area contributed by atoms with E-state index in [1.807, 2.05) is 0 Å². The molecule has 0 aliphatic heterocycles. The highest BCUT2D eigenvalue weighted by Crippen LogP contribution is 1.98. The van der Waals surface area contributed by atoms with Crippen molar-refractivity contribution >= 4 is 18.3 Å². The molecule has 0 saturated heterocycles. The predicted octanol–water partition coefficient (Wildman–Crippen LogP) is 5.82. The van der Waals surface area contributed by atoms with Gasteiger partial charge in [-0.05, 0) is 44.9 Å². The molecule has 0 aliphatic carbocycles. The number of carbonyl (C=O) groups excluding carboxylic acids is 1. The van der Waals surface area contributed by atoms with Crippen LogP contribution in [0.3, 0.4) is 0 Å². The highest BCUT2D eigenvalue weighted by Gasteiger charge is 1.90. The molecule has 0 aliphatic rings. The molecule has 0 rings (SSSR count). The standard InChI is InChI=1S/C20H31NO.ClH/c1-2-3-4-5-6-7-8-9-10-11-12-13-14-15-16-17-18-19-20(21)22;/h3-4,6-7,9-10,12-13,15-16H,2,5,8,11,14,17-19H2,1H3,(H2,21,22);1H. The minimum Gasteiger partial charge on any atom is -0.370 e. The van der Waals surface area contributed by atoms with Gasteiger partial charge in [-0.3, -0.25) is 4.79 Å². The van der Waals surface area contributed by atoms with Crippen LogP contribution in [0.15, 0.2) is 60.8 Å². The van der Waals surface area contributed by atoms with Gasteiger partial charge in [-0.1, -0.05) is 67.7 Å². The van der Waals surface area contributed by atoms with Crippen molar-refractivity contribution in [1.29, 1.82) is 0 Å². The summed E-state index contributed by atoms with van der Waals surface area (Å²) in [5, 5.41) is 0. The van der Waals surface area contributed by atoms with Crippen molar-refractivity contribution in [2.45, 2.75) is 58.3 Å². The van der Waals surface area contributed by atoms with E-state index in [0.29, 0.717) is 6.42 Å². The van der Waals surface area contributed by atoms with Crippen LogP contribution in [0.4, 0.5) is 0 Å². The van der Waals surface area contributed by atoms with E-state index in [1.54, 1.807) is 0 Å². The van der Waals surface area contributed by atoms with Crippen LogP contribution in [0.25, 0.3) is 0 Å². The van der Waals surface area contributed by atoms with Gasteiger partial charge in [-0.25, -0.2) is 0 Å². The van der Waals surface area contributed by atoms with Crippen molar-refractivity contribution in [2.24, 2.45) is 5.73 Å². The van der Waals surface area contributed by atoms with E-state index in [0.717, 1.165) is 44.9 Å². The van der Waals surface area contributed by atoms with Gasteiger partial charge in [0.15, 0.2) is 0 Å². The van der Waals surface area contributed by atoms with Crippen LogP contribution in [0, 0.1) is 0 Å². The lowest BCUT2D eigenvalue weighted by molar-refractivity contribution is -0.118. The molecule has 0 aromatic rings. The highest BCUT2D eigenvalue weighted by atomic mass is 35.5. The van der Waals surface area contributed by atoms with Crippen LogP contribution in [0.2, 0.25) is 0 Å². The minimum absolute atomic E-state index is 0. The van der Waals surface area contributed by atoms with E-state index in [9.17, 15) is 4.79 Å². The molecule has 2 N–H and O–H groups in total. The van der Waals surface area contributed by atoms with Gasteiger partial charge in [0.05, 0.1) is 0 Å². The molecule has 0 heterocycles. The zero-order chi connectivity index (χ0) is 16.3. The lowest BCUT2D eigenvalue weighted by Gasteiger charge is -1.90. The monoisotopic (exact) mass is 337 g/mol. The van der Waals surface area contributed by atoms with E-state index in [4.69, 9.17) is 5.73 Å². The summed E-state index contributed by atoms with van der Waals surface area (Å²) in [6.45, 7) is 2.15. The Kier molecular flexibility index (Phi) is 21.1. The number of primary amides is 1. The summed E-state index contributed by atoms with van der Waals surface area (Å²) in [4.78, 5) is 10.5. The van der Waals surface area contributed by atoms with E-state index in [1.165, 1.54) is 0 Å². The van der Waals surface area contributed by atoms with Crippen LogP contribution in [0.5, 0.6) is 0 Å². The van der Waals surface area contributed by atoms with Crippen molar-refractivity contribution < 1.29 is 4.79 Å². The predicted molar refractivity (Wildman–Crippen MR) is 105 cm³/mol. The SMILES string of the molecule is CCC=CCC=CCC=CCC=CCC=CCCCC(N)=O.Cl. The molecule has 0 aromatic carbocycles. The Balaban J connectivity index is 0. The first-order chi connectivity index (χ1) is 10.8. The molecule has 23 heavy (non-hydrogen) atoms. The molecule has 130 valence electrons. The smallest absolute Gasteiger partial charge is 0.217 e. The van der Waals surface area contributed by atoms with Gasteiger partial charge in [0.1, 0.15) is 0 Å². The van der Waals surface area contributed by atoms with Crippen molar-refractivity contribution in [3.63, 3.8) is 0 Å². The maximum Gasteiger partial charge on any atom is 0.217 e. The average Bonchev–Trinajstić information content (AvgIpc) is 2.50. The lowest BCUT2D eigenvalue weighted by Crippen LogP contribution is -2.09. The van der Waals surface area contributed by atoms with E-state index in [-0.39, 0.29) is 18.3 Å². The second-order valence-corrected chi connectivity index (χ2v) is 5.07. The molecular formula is C20H32ClNO. The number of rotatable bonds is 13. The maximum atomic E-state index is 10.5. The number of halogens is 1. The van der Waals surface area contributed by atoms with Gasteiger partial charge >= 0.3 is 0 Å². The Morgan fingerprint density at radius 2 is 1.13 bits per heavy atom. The Labute approximate surface area is 148 Å². The van der Waals surface area contributed by atoms with Crippen molar-refractivity contribution in [3.05, 3.63) is 60.8 Å². The van der Waals surface area contributed by atoms with E-state index in [2.05, 4.69) is 67.7 Å². The van der Waals surface area contributed by atoms with Gasteiger partial charge in [-0.2, -0.15) is 0 Å². The number of allylic oxidation sites excluding steroid dienone is 10. The van der Waals surface area contributed by atoms with Crippen molar-refractivity contribution in [3.8, 4) is 0 Å². The molecule has 0 bridgehead atoms. The van der Waals surface area contributed by atoms with E-state index >= 15 is 0 Å². The fraction of sp³-hybridized carbons (Fsp3) is 0.450. The normalized spacial score (nSPS) is 12.2. The Hall–Kier alpha value is -1.54. The van der Waals surface area contributed by atoms with Gasteiger partial charge in [-0.15, -0.1) is 12.4 Å². The molecule has 0 radical (unpaired) electrons. The average molecular weight is 338 g/mol. The lowest BCUT2D eigenvalue weighted by atomic mass is 10.2. The molecule has 0 spiro atoms. The number of carbonyl (C=O) groups is 1. The second-order valence-electron chi connectivity index (χ2n) is 5.07. The van der Waals surface area contributed by atoms with Gasteiger partial charge < -0.3 is 5.73 Å². The minimum atomic E-state index is -0.215. The number of hydrogen-bond donors (Lipinski definition) is 1. The van der Waals surface area contributed by atoms with Gasteiger partial charge in [0.25, 0.3) is 0 Å². The summed E-state index contributed by atoms with van der Waals surface area (Å²) in [7, 11) is 0. The molecule has 0 fully saturated rings. The Morgan fingerprint density at radius 1 is 0.739 bits per heavy atom. The first-order valence-electron chi connectivity index (χ1n) is 8.30. The molecule has 0 atom stereocenters. The van der Waals surface area contributed by atoms with Gasteiger partial charge in [0, 0.05) is 6.42 Å². The Morgan fingerprint density at radius 3 is 1.52 bits per heavy atom. The fourth-order valence-corrected chi connectivity index (χ4v) is 1.76. The third-order valence-electron chi connectivity index (χ3n) is 2.95. The fourth-order valence-electron chi connectivity index (χ4n) is 1.76. The quantitative estimate of drug-likeness (QED) is 0.334. The third-order valence-corrected chi connectivity index (χ3v) is 2.95. The number of hydrogen-bond acceptors (Lipinski definition) is 1. The molecule has 0 aromatic heterocycles. The molecule has 0 saturated carbocycles. The largest absolute Gasteiger partial charge is 0.370 e. The summed E-state index contributed by atoms with van der Waals surface area (Å²) in [5.41, 5.74) is 5.07. The third kappa shape index (κ3) is 22.9. The first kappa shape index (κ1) is 23.7. The summed E-state index contributed by atoms with van der Waals surface area (Å²) >= 11 is 0. The Bertz CT molecular complexity index is 406. The number of nitrogens with two attached hydrogens (primary N) is 1. The molecule has 0 unspecified atom stereocenters. The van der Waals surface area contributed by atoms with Crippen LogP contribution >= 0.6 is 12.4 Å². The summed E-state index contributed by atoms with van der Waals surface area (Å²) in [6.07, 6.45) is 29.1. The maximum absolute atomic E-state index is 10.5. The summed E-state index contributed by atoms with van der Waals surface area (Å²) in [6, 6.07) is 0. The number of unbranched alkanes of at least 4 members (excludes halogenated alkanes) is 1. The number of amides is 1. The zero-order valence-electron chi connectivity index (χ0n) is 14.3. The second kappa shape index (κ2) is 20.5. The van der Waals surface area contributed by atoms with Crippen LogP contribution in [-0.4, -0.2) is 5.91 Å². The van der Waals surface area contributed by atoms with Gasteiger partial charge in [0.2, 0.25) is 5.91 Å². The van der Waals surface area contributed by atoms with Crippen LogP contribution in [0.1, 0.15) is 58.3 Å².